The minimum atomic E-state index is -0.717. The fraction of sp³-hybridized carbons (Fsp3) is 0.452. The summed E-state index contributed by atoms with van der Waals surface area (Å²) in [7, 11) is 0. The number of aromatic nitrogens is 2. The van der Waals surface area contributed by atoms with Gasteiger partial charge in [0.15, 0.2) is 0 Å². The predicted molar refractivity (Wildman–Crippen MR) is 148 cm³/mol. The standard InChI is InChI=1S/C31H39N3O3/c1-6-8-9-16-34-21(5)28(30(35)32-27-15-10-19(3)17-20(27)4)33-29(34)23-12-13-25-22(18-23)11-14-26(25)24(7-2)31(36)37/h10,12-13,15,17-18,24,26H,6-9,11,14,16H2,1-5H3,(H,32,35)(H,36,37). The van der Waals surface area contributed by atoms with E-state index in [1.54, 1.807) is 0 Å². The van der Waals surface area contributed by atoms with Crippen LogP contribution < -0.4 is 5.32 Å². The molecule has 6 heteroatoms. The van der Waals surface area contributed by atoms with Gasteiger partial charge in [0.2, 0.25) is 0 Å². The van der Waals surface area contributed by atoms with Crippen LogP contribution in [0.3, 0.4) is 0 Å². The summed E-state index contributed by atoms with van der Waals surface area (Å²) in [6.45, 7) is 10.9. The van der Waals surface area contributed by atoms with Crippen molar-refractivity contribution < 1.29 is 14.7 Å². The van der Waals surface area contributed by atoms with Gasteiger partial charge in [-0.15, -0.1) is 0 Å². The molecule has 6 nitrogen and oxygen atoms in total. The molecule has 0 fully saturated rings. The highest BCUT2D eigenvalue weighted by Gasteiger charge is 2.33. The van der Waals surface area contributed by atoms with Crippen molar-refractivity contribution in [2.75, 3.05) is 5.32 Å². The fourth-order valence-corrected chi connectivity index (χ4v) is 5.74. The molecule has 1 heterocycles. The Morgan fingerprint density at radius 1 is 1.11 bits per heavy atom. The average Bonchev–Trinajstić information content (AvgIpc) is 3.42. The van der Waals surface area contributed by atoms with Gasteiger partial charge in [-0.2, -0.15) is 0 Å². The molecule has 4 rings (SSSR count). The molecule has 1 aromatic heterocycles. The zero-order valence-corrected chi connectivity index (χ0v) is 22.7. The molecule has 2 aromatic carbocycles. The summed E-state index contributed by atoms with van der Waals surface area (Å²) in [5.74, 6) is -0.419. The third-order valence-corrected chi connectivity index (χ3v) is 7.82. The second kappa shape index (κ2) is 11.3. The maximum atomic E-state index is 13.4. The number of unbranched alkanes of at least 4 members (excludes halogenated alkanes) is 2. The van der Waals surface area contributed by atoms with E-state index in [-0.39, 0.29) is 17.7 Å². The van der Waals surface area contributed by atoms with E-state index in [0.717, 1.165) is 78.1 Å². The van der Waals surface area contributed by atoms with Gasteiger partial charge >= 0.3 is 5.97 Å². The Balaban J connectivity index is 1.69. The topological polar surface area (TPSA) is 84.2 Å². The third-order valence-electron chi connectivity index (χ3n) is 7.82. The molecular weight excluding hydrogens is 462 g/mol. The van der Waals surface area contributed by atoms with Crippen LogP contribution in [0.25, 0.3) is 11.4 Å². The first-order valence-electron chi connectivity index (χ1n) is 13.6. The van der Waals surface area contributed by atoms with Crippen LogP contribution in [-0.2, 0) is 17.8 Å². The van der Waals surface area contributed by atoms with Crippen LogP contribution in [0.2, 0.25) is 0 Å². The zero-order valence-electron chi connectivity index (χ0n) is 22.7. The number of rotatable bonds is 10. The van der Waals surface area contributed by atoms with Gasteiger partial charge in [-0.1, -0.05) is 56.5 Å². The van der Waals surface area contributed by atoms with Gasteiger partial charge in [0.05, 0.1) is 5.92 Å². The van der Waals surface area contributed by atoms with E-state index in [0.29, 0.717) is 12.1 Å². The van der Waals surface area contributed by atoms with Crippen molar-refractivity contribution in [1.82, 2.24) is 9.55 Å². The van der Waals surface area contributed by atoms with Crippen LogP contribution in [0.1, 0.15) is 90.3 Å². The quantitative estimate of drug-likeness (QED) is 0.291. The summed E-state index contributed by atoms with van der Waals surface area (Å²) in [5.41, 5.74) is 7.61. The molecule has 1 aliphatic carbocycles. The van der Waals surface area contributed by atoms with Gasteiger partial charge in [0.1, 0.15) is 11.5 Å². The average molecular weight is 502 g/mol. The first-order valence-corrected chi connectivity index (χ1v) is 13.6. The number of imidazole rings is 1. The highest BCUT2D eigenvalue weighted by atomic mass is 16.4. The Hall–Kier alpha value is -3.41. The molecule has 1 aliphatic rings. The van der Waals surface area contributed by atoms with Gasteiger partial charge in [0.25, 0.3) is 5.91 Å². The Morgan fingerprint density at radius 3 is 2.57 bits per heavy atom. The Kier molecular flexibility index (Phi) is 8.16. The zero-order chi connectivity index (χ0) is 26.7. The molecule has 0 saturated heterocycles. The smallest absolute Gasteiger partial charge is 0.307 e. The van der Waals surface area contributed by atoms with Crippen molar-refractivity contribution >= 4 is 17.6 Å². The SMILES string of the molecule is CCCCCn1c(-c2ccc3c(c2)CCC3C(CC)C(=O)O)nc(C(=O)Nc2ccc(C)cc2C)c1C. The number of hydrogen-bond acceptors (Lipinski definition) is 3. The fourth-order valence-electron chi connectivity index (χ4n) is 5.74. The number of carbonyl (C=O) groups is 2. The maximum Gasteiger partial charge on any atom is 0.307 e. The van der Waals surface area contributed by atoms with Crippen LogP contribution in [0.4, 0.5) is 5.69 Å². The van der Waals surface area contributed by atoms with E-state index < -0.39 is 5.97 Å². The van der Waals surface area contributed by atoms with Crippen LogP contribution in [0, 0.1) is 26.7 Å². The lowest BCUT2D eigenvalue weighted by Gasteiger charge is -2.19. The molecule has 0 saturated carbocycles. The minimum absolute atomic E-state index is 0.0525. The number of aryl methyl sites for hydroxylation is 3. The number of aliphatic carboxylic acids is 1. The number of amides is 1. The van der Waals surface area contributed by atoms with E-state index >= 15 is 0 Å². The lowest BCUT2D eigenvalue weighted by Crippen LogP contribution is -2.19. The monoisotopic (exact) mass is 501 g/mol. The van der Waals surface area contributed by atoms with Crippen LogP contribution >= 0.6 is 0 Å². The molecule has 3 aromatic rings. The summed E-state index contributed by atoms with van der Waals surface area (Å²) in [6.07, 6.45) is 5.60. The third kappa shape index (κ3) is 5.48. The van der Waals surface area contributed by atoms with Gasteiger partial charge in [0, 0.05) is 23.5 Å². The normalized spacial score (nSPS) is 15.4. The first-order chi connectivity index (χ1) is 17.7. The van der Waals surface area contributed by atoms with Crippen molar-refractivity contribution in [2.24, 2.45) is 5.92 Å². The van der Waals surface area contributed by atoms with Gasteiger partial charge in [-0.3, -0.25) is 9.59 Å². The van der Waals surface area contributed by atoms with E-state index in [2.05, 4.69) is 41.1 Å². The highest BCUT2D eigenvalue weighted by molar-refractivity contribution is 6.04. The minimum Gasteiger partial charge on any atom is -0.481 e. The number of nitrogens with zero attached hydrogens (tertiary/aromatic N) is 2. The number of fused-ring (bicyclic) bond motifs is 1. The van der Waals surface area contributed by atoms with Crippen molar-refractivity contribution in [2.45, 2.75) is 85.6 Å². The Bertz CT molecular complexity index is 1310. The second-order valence-corrected chi connectivity index (χ2v) is 10.4. The van der Waals surface area contributed by atoms with E-state index in [1.807, 2.05) is 39.8 Å². The van der Waals surface area contributed by atoms with E-state index in [1.165, 1.54) is 5.56 Å². The number of benzene rings is 2. The van der Waals surface area contributed by atoms with Gasteiger partial charge < -0.3 is 15.0 Å². The van der Waals surface area contributed by atoms with Crippen LogP contribution in [0.15, 0.2) is 36.4 Å². The summed E-state index contributed by atoms with van der Waals surface area (Å²) in [4.78, 5) is 30.0. The number of nitrogens with one attached hydrogen (secondary N) is 1. The number of anilines is 1. The number of carboxylic acids is 1. The van der Waals surface area contributed by atoms with Crippen molar-refractivity contribution in [1.29, 1.82) is 0 Å². The molecule has 0 spiro atoms. The summed E-state index contributed by atoms with van der Waals surface area (Å²) >= 11 is 0. The van der Waals surface area contributed by atoms with Crippen molar-refractivity contribution in [3.63, 3.8) is 0 Å². The second-order valence-electron chi connectivity index (χ2n) is 10.4. The highest BCUT2D eigenvalue weighted by Crippen LogP contribution is 2.41. The van der Waals surface area contributed by atoms with E-state index in [4.69, 9.17) is 4.98 Å². The predicted octanol–water partition coefficient (Wildman–Crippen LogP) is 7.06. The number of hydrogen-bond donors (Lipinski definition) is 2. The molecular formula is C31H39N3O3. The van der Waals surface area contributed by atoms with E-state index in [9.17, 15) is 14.7 Å². The molecule has 2 N–H and O–H groups in total. The van der Waals surface area contributed by atoms with Gasteiger partial charge in [-0.25, -0.2) is 4.98 Å². The first kappa shape index (κ1) is 26.6. The molecule has 37 heavy (non-hydrogen) atoms. The molecule has 2 unspecified atom stereocenters. The molecule has 196 valence electrons. The molecule has 0 bridgehead atoms. The Labute approximate surface area is 220 Å². The molecule has 1 amide bonds. The molecule has 0 aliphatic heterocycles. The number of carbonyl (C=O) groups excluding carboxylic acids is 1. The lowest BCUT2D eigenvalue weighted by molar-refractivity contribution is -0.142. The summed E-state index contributed by atoms with van der Waals surface area (Å²) in [6, 6.07) is 12.3. The van der Waals surface area contributed by atoms with Crippen molar-refractivity contribution in [3.05, 3.63) is 70.0 Å². The lowest BCUT2D eigenvalue weighted by atomic mass is 9.85. The van der Waals surface area contributed by atoms with Crippen molar-refractivity contribution in [3.8, 4) is 11.4 Å². The maximum absolute atomic E-state index is 13.4. The van der Waals surface area contributed by atoms with Crippen LogP contribution in [-0.4, -0.2) is 26.5 Å². The Morgan fingerprint density at radius 2 is 1.89 bits per heavy atom. The molecule has 0 radical (unpaired) electrons. The van der Waals surface area contributed by atoms with Gasteiger partial charge in [-0.05, 0) is 81.2 Å². The largest absolute Gasteiger partial charge is 0.481 e. The van der Waals surface area contributed by atoms with Crippen LogP contribution in [0.5, 0.6) is 0 Å². The summed E-state index contributed by atoms with van der Waals surface area (Å²) in [5, 5.41) is 12.8. The summed E-state index contributed by atoms with van der Waals surface area (Å²) < 4.78 is 2.17. The molecule has 2 atom stereocenters. The number of carboxylic acid groups (broad SMARTS) is 1.